The molecule has 0 saturated heterocycles. The van der Waals surface area contributed by atoms with Crippen molar-refractivity contribution in [1.82, 2.24) is 15.3 Å². The molecule has 7 nitrogen and oxygen atoms in total. The van der Waals surface area contributed by atoms with Gasteiger partial charge in [0.1, 0.15) is 6.61 Å². The molecule has 0 aliphatic heterocycles. The maximum atomic E-state index is 11.5. The van der Waals surface area contributed by atoms with E-state index in [-0.39, 0.29) is 12.4 Å². The number of aromatic nitrogens is 2. The lowest BCUT2D eigenvalue weighted by Gasteiger charge is -2.05. The van der Waals surface area contributed by atoms with E-state index in [2.05, 4.69) is 27.1 Å². The van der Waals surface area contributed by atoms with E-state index in [1.807, 2.05) is 30.3 Å². The van der Waals surface area contributed by atoms with Gasteiger partial charge in [-0.25, -0.2) is 19.6 Å². The Morgan fingerprint density at radius 1 is 1.17 bits per heavy atom. The average molecular weight is 325 g/mol. The molecule has 1 aromatic carbocycles. The molecule has 2 N–H and O–H groups in total. The SMILES string of the molecule is O=C(NCCC#Cc1cnc(C(=O)O)nc1)OCc1ccccc1. The summed E-state index contributed by atoms with van der Waals surface area (Å²) in [5.74, 6) is 4.15. The van der Waals surface area contributed by atoms with Gasteiger partial charge in [0.05, 0.1) is 5.56 Å². The van der Waals surface area contributed by atoms with Crippen molar-refractivity contribution in [3.63, 3.8) is 0 Å². The van der Waals surface area contributed by atoms with E-state index in [0.717, 1.165) is 5.56 Å². The molecule has 2 aromatic rings. The highest BCUT2D eigenvalue weighted by Crippen LogP contribution is 2.00. The zero-order valence-corrected chi connectivity index (χ0v) is 12.7. The summed E-state index contributed by atoms with van der Waals surface area (Å²) < 4.78 is 5.05. The number of carbonyl (C=O) groups excluding carboxylic acids is 1. The van der Waals surface area contributed by atoms with Crippen LogP contribution in [0.25, 0.3) is 0 Å². The summed E-state index contributed by atoms with van der Waals surface area (Å²) >= 11 is 0. The lowest BCUT2D eigenvalue weighted by Crippen LogP contribution is -2.24. The van der Waals surface area contributed by atoms with Crippen molar-refractivity contribution in [3.8, 4) is 11.8 Å². The van der Waals surface area contributed by atoms with Crippen LogP contribution in [0.3, 0.4) is 0 Å². The Morgan fingerprint density at radius 3 is 2.54 bits per heavy atom. The first-order valence-corrected chi connectivity index (χ1v) is 7.14. The van der Waals surface area contributed by atoms with Crippen LogP contribution in [0.5, 0.6) is 0 Å². The molecule has 0 fully saturated rings. The number of ether oxygens (including phenoxy) is 1. The fraction of sp³-hybridized carbons (Fsp3) is 0.176. The van der Waals surface area contributed by atoms with Gasteiger partial charge in [-0.15, -0.1) is 0 Å². The fourth-order valence-corrected chi connectivity index (χ4v) is 1.67. The van der Waals surface area contributed by atoms with Gasteiger partial charge in [-0.2, -0.15) is 0 Å². The molecule has 0 saturated carbocycles. The largest absolute Gasteiger partial charge is 0.475 e. The molecule has 1 amide bonds. The van der Waals surface area contributed by atoms with Crippen molar-refractivity contribution in [3.05, 3.63) is 59.7 Å². The predicted octanol–water partition coefficient (Wildman–Crippen LogP) is 1.84. The summed E-state index contributed by atoms with van der Waals surface area (Å²) in [5, 5.41) is 11.3. The van der Waals surface area contributed by atoms with E-state index in [9.17, 15) is 9.59 Å². The first kappa shape index (κ1) is 17.0. The highest BCUT2D eigenvalue weighted by molar-refractivity contribution is 5.82. The first-order chi connectivity index (χ1) is 11.6. The lowest BCUT2D eigenvalue weighted by atomic mass is 10.2. The van der Waals surface area contributed by atoms with Gasteiger partial charge in [0.2, 0.25) is 5.82 Å². The molecule has 0 unspecified atom stereocenters. The number of amides is 1. The van der Waals surface area contributed by atoms with Crippen LogP contribution in [0, 0.1) is 11.8 Å². The van der Waals surface area contributed by atoms with Crippen molar-refractivity contribution in [2.75, 3.05) is 6.54 Å². The number of nitrogens with one attached hydrogen (secondary N) is 1. The number of carbonyl (C=O) groups is 2. The molecule has 7 heteroatoms. The van der Waals surface area contributed by atoms with E-state index in [1.165, 1.54) is 12.4 Å². The number of rotatable bonds is 5. The van der Waals surface area contributed by atoms with E-state index in [0.29, 0.717) is 18.5 Å². The van der Waals surface area contributed by atoms with Crippen LogP contribution < -0.4 is 5.32 Å². The van der Waals surface area contributed by atoms with Crippen LogP contribution in [0.15, 0.2) is 42.7 Å². The maximum absolute atomic E-state index is 11.5. The lowest BCUT2D eigenvalue weighted by molar-refractivity contribution is 0.0683. The minimum absolute atomic E-state index is 0.214. The van der Waals surface area contributed by atoms with Crippen LogP contribution >= 0.6 is 0 Å². The Bertz CT molecular complexity index is 749. The van der Waals surface area contributed by atoms with Crippen molar-refractivity contribution in [2.45, 2.75) is 13.0 Å². The molecule has 1 aromatic heterocycles. The van der Waals surface area contributed by atoms with Gasteiger partial charge < -0.3 is 15.2 Å². The van der Waals surface area contributed by atoms with Crippen LogP contribution in [0.4, 0.5) is 4.79 Å². The standard InChI is InChI=1S/C17H15N3O4/c21-16(22)15-19-10-14(11-20-15)8-4-5-9-18-17(23)24-12-13-6-2-1-3-7-13/h1-3,6-7,10-11H,5,9,12H2,(H,18,23)(H,21,22). The Balaban J connectivity index is 1.67. The number of benzene rings is 1. The number of aromatic carboxylic acids is 1. The number of carboxylic acid groups (broad SMARTS) is 1. The van der Waals surface area contributed by atoms with E-state index < -0.39 is 12.1 Å². The van der Waals surface area contributed by atoms with E-state index in [4.69, 9.17) is 9.84 Å². The van der Waals surface area contributed by atoms with Gasteiger partial charge >= 0.3 is 12.1 Å². The Morgan fingerprint density at radius 2 is 1.88 bits per heavy atom. The van der Waals surface area contributed by atoms with Crippen molar-refractivity contribution in [1.29, 1.82) is 0 Å². The minimum atomic E-state index is -1.19. The van der Waals surface area contributed by atoms with Crippen LogP contribution in [-0.4, -0.2) is 33.7 Å². The van der Waals surface area contributed by atoms with Crippen LogP contribution in [0.2, 0.25) is 0 Å². The number of nitrogens with zero attached hydrogens (tertiary/aromatic N) is 2. The summed E-state index contributed by atoms with van der Waals surface area (Å²) in [6, 6.07) is 9.38. The molecule has 24 heavy (non-hydrogen) atoms. The smallest absolute Gasteiger partial charge is 0.407 e. The van der Waals surface area contributed by atoms with Crippen LogP contribution in [-0.2, 0) is 11.3 Å². The normalized spacial score (nSPS) is 9.50. The molecule has 0 aliphatic carbocycles. The fourth-order valence-electron chi connectivity index (χ4n) is 1.67. The van der Waals surface area contributed by atoms with Gasteiger partial charge in [-0.05, 0) is 5.56 Å². The van der Waals surface area contributed by atoms with Crippen molar-refractivity contribution in [2.24, 2.45) is 0 Å². The Labute approximate surface area is 138 Å². The third-order valence-corrected chi connectivity index (χ3v) is 2.81. The molecule has 0 radical (unpaired) electrons. The van der Waals surface area contributed by atoms with Gasteiger partial charge in [0.25, 0.3) is 0 Å². The molecule has 0 aliphatic rings. The predicted molar refractivity (Wildman–Crippen MR) is 85.1 cm³/mol. The summed E-state index contributed by atoms with van der Waals surface area (Å²) in [6.45, 7) is 0.556. The second kappa shape index (κ2) is 8.90. The van der Waals surface area contributed by atoms with Gasteiger partial charge in [0.15, 0.2) is 0 Å². The average Bonchev–Trinajstić information content (AvgIpc) is 2.61. The molecule has 0 atom stereocenters. The van der Waals surface area contributed by atoms with E-state index >= 15 is 0 Å². The Hall–Kier alpha value is -3.40. The molecular weight excluding hydrogens is 310 g/mol. The molecule has 0 bridgehead atoms. The maximum Gasteiger partial charge on any atom is 0.407 e. The number of alkyl carbamates (subject to hydrolysis) is 1. The van der Waals surface area contributed by atoms with Gasteiger partial charge in [-0.3, -0.25) is 0 Å². The molecule has 0 spiro atoms. The quantitative estimate of drug-likeness (QED) is 0.642. The third-order valence-electron chi connectivity index (χ3n) is 2.81. The molecular formula is C17H15N3O4. The topological polar surface area (TPSA) is 101 Å². The zero-order valence-electron chi connectivity index (χ0n) is 12.7. The van der Waals surface area contributed by atoms with Crippen LogP contribution in [0.1, 0.15) is 28.2 Å². The summed E-state index contributed by atoms with van der Waals surface area (Å²) in [5.41, 5.74) is 1.42. The second-order valence-electron chi connectivity index (χ2n) is 4.64. The molecule has 1 heterocycles. The van der Waals surface area contributed by atoms with Crippen molar-refractivity contribution >= 4 is 12.1 Å². The number of hydrogen-bond acceptors (Lipinski definition) is 5. The second-order valence-corrected chi connectivity index (χ2v) is 4.64. The van der Waals surface area contributed by atoms with E-state index in [1.54, 1.807) is 0 Å². The molecule has 122 valence electrons. The van der Waals surface area contributed by atoms with Crippen molar-refractivity contribution < 1.29 is 19.4 Å². The number of hydrogen-bond donors (Lipinski definition) is 2. The number of carboxylic acids is 1. The van der Waals surface area contributed by atoms with Gasteiger partial charge in [-0.1, -0.05) is 42.2 Å². The summed E-state index contributed by atoms with van der Waals surface area (Å²) in [7, 11) is 0. The summed E-state index contributed by atoms with van der Waals surface area (Å²) in [6.07, 6.45) is 2.59. The highest BCUT2D eigenvalue weighted by Gasteiger charge is 2.04. The monoisotopic (exact) mass is 325 g/mol. The third kappa shape index (κ3) is 5.77. The minimum Gasteiger partial charge on any atom is -0.475 e. The van der Waals surface area contributed by atoms with Gasteiger partial charge in [0, 0.05) is 25.4 Å². The molecule has 2 rings (SSSR count). The highest BCUT2D eigenvalue weighted by atomic mass is 16.5. The summed E-state index contributed by atoms with van der Waals surface area (Å²) in [4.78, 5) is 29.4. The first-order valence-electron chi connectivity index (χ1n) is 7.14. The zero-order chi connectivity index (χ0) is 17.2. The Kier molecular flexibility index (Phi) is 6.29.